The van der Waals surface area contributed by atoms with Crippen LogP contribution in [0.3, 0.4) is 0 Å². The van der Waals surface area contributed by atoms with Crippen molar-refractivity contribution in [2.24, 2.45) is 0 Å². The van der Waals surface area contributed by atoms with E-state index in [0.717, 1.165) is 11.1 Å². The zero-order valence-electron chi connectivity index (χ0n) is 9.24. The molecule has 0 saturated carbocycles. The third-order valence-corrected chi connectivity index (χ3v) is 3.54. The summed E-state index contributed by atoms with van der Waals surface area (Å²) in [6.07, 6.45) is 0. The fourth-order valence-corrected chi connectivity index (χ4v) is 2.75. The van der Waals surface area contributed by atoms with Gasteiger partial charge in [0.25, 0.3) is 10.0 Å². The van der Waals surface area contributed by atoms with Crippen molar-refractivity contribution in [1.29, 1.82) is 0 Å². The number of hydrazine groups is 1. The highest BCUT2D eigenvalue weighted by molar-refractivity contribution is 7.89. The molecule has 96 valence electrons. The summed E-state index contributed by atoms with van der Waals surface area (Å²) >= 11 is 5.66. The van der Waals surface area contributed by atoms with E-state index >= 15 is 0 Å². The number of aliphatic hydroxyl groups is 1. The van der Waals surface area contributed by atoms with Gasteiger partial charge in [-0.25, -0.2) is 17.8 Å². The monoisotopic (exact) mass is 282 g/mol. The van der Waals surface area contributed by atoms with E-state index in [4.69, 9.17) is 16.7 Å². The number of halogens is 2. The fraction of sp³-hybridized carbons (Fsp3) is 0.333. The molecule has 1 aromatic carbocycles. The molecule has 0 spiro atoms. The maximum Gasteiger partial charge on any atom is 0.256 e. The van der Waals surface area contributed by atoms with Gasteiger partial charge >= 0.3 is 0 Å². The number of rotatable bonds is 4. The lowest BCUT2D eigenvalue weighted by Crippen LogP contribution is -2.36. The molecule has 0 aliphatic rings. The number of nitrogens with zero attached hydrogens (tertiary/aromatic N) is 1. The number of hydrogen-bond acceptors (Lipinski definition) is 4. The number of sulfonamides is 1. The summed E-state index contributed by atoms with van der Waals surface area (Å²) in [4.78, 5) is 1.49. The van der Waals surface area contributed by atoms with Gasteiger partial charge in [-0.3, -0.25) is 0 Å². The molecule has 0 unspecified atom stereocenters. The summed E-state index contributed by atoms with van der Waals surface area (Å²) in [6.45, 7) is -0.628. The fourth-order valence-electron chi connectivity index (χ4n) is 1.22. The summed E-state index contributed by atoms with van der Waals surface area (Å²) < 4.78 is 37.2. The highest BCUT2D eigenvalue weighted by Gasteiger charge is 2.22. The third-order valence-electron chi connectivity index (χ3n) is 1.84. The molecular formula is C9H12ClFN2O3S. The predicted octanol–water partition coefficient (Wildman–Crippen LogP) is 0.726. The largest absolute Gasteiger partial charge is 0.392 e. The van der Waals surface area contributed by atoms with Crippen molar-refractivity contribution < 1.29 is 17.9 Å². The molecule has 0 aliphatic carbocycles. The lowest BCUT2D eigenvalue weighted by molar-refractivity contribution is 0.274. The van der Waals surface area contributed by atoms with Crippen LogP contribution in [0.5, 0.6) is 0 Å². The molecule has 0 atom stereocenters. The van der Waals surface area contributed by atoms with Gasteiger partial charge in [-0.1, -0.05) is 11.6 Å². The van der Waals surface area contributed by atoms with Crippen LogP contribution in [-0.4, -0.2) is 32.6 Å². The Kier molecular flexibility index (Phi) is 4.45. The van der Waals surface area contributed by atoms with Gasteiger partial charge in [-0.15, -0.1) is 4.83 Å². The van der Waals surface area contributed by atoms with Gasteiger partial charge in [-0.2, -0.15) is 0 Å². The predicted molar refractivity (Wildman–Crippen MR) is 61.3 cm³/mol. The molecule has 0 aliphatic heterocycles. The first-order chi connectivity index (χ1) is 7.77. The summed E-state index contributed by atoms with van der Waals surface area (Å²) in [6, 6.07) is 2.16. The Labute approximate surface area is 104 Å². The van der Waals surface area contributed by atoms with Crippen LogP contribution >= 0.6 is 11.6 Å². The first-order valence-electron chi connectivity index (χ1n) is 4.56. The molecule has 8 heteroatoms. The van der Waals surface area contributed by atoms with Crippen LogP contribution in [0.4, 0.5) is 4.39 Å². The molecule has 0 aromatic heterocycles. The van der Waals surface area contributed by atoms with Crippen LogP contribution in [0, 0.1) is 5.82 Å². The zero-order valence-corrected chi connectivity index (χ0v) is 10.8. The molecular weight excluding hydrogens is 271 g/mol. The van der Waals surface area contributed by atoms with Gasteiger partial charge in [0.15, 0.2) is 0 Å². The van der Waals surface area contributed by atoms with Crippen molar-refractivity contribution in [2.45, 2.75) is 11.5 Å². The van der Waals surface area contributed by atoms with Gasteiger partial charge in [0.05, 0.1) is 6.61 Å². The molecule has 1 rings (SSSR count). The van der Waals surface area contributed by atoms with Crippen molar-refractivity contribution in [3.05, 3.63) is 28.5 Å². The quantitative estimate of drug-likeness (QED) is 0.799. The molecule has 0 amide bonds. The average Bonchev–Trinajstić information content (AvgIpc) is 2.18. The van der Waals surface area contributed by atoms with Crippen molar-refractivity contribution in [1.82, 2.24) is 9.84 Å². The van der Waals surface area contributed by atoms with Gasteiger partial charge in [0.1, 0.15) is 10.7 Å². The van der Waals surface area contributed by atoms with E-state index in [-0.39, 0.29) is 10.6 Å². The molecule has 0 radical (unpaired) electrons. The van der Waals surface area contributed by atoms with Crippen molar-refractivity contribution in [2.75, 3.05) is 14.1 Å². The highest BCUT2D eigenvalue weighted by Crippen LogP contribution is 2.23. The van der Waals surface area contributed by atoms with E-state index < -0.39 is 27.3 Å². The van der Waals surface area contributed by atoms with E-state index in [1.807, 2.05) is 0 Å². The first kappa shape index (κ1) is 14.3. The first-order valence-corrected chi connectivity index (χ1v) is 6.42. The molecule has 0 saturated heterocycles. The van der Waals surface area contributed by atoms with Crippen LogP contribution in [0.15, 0.2) is 17.0 Å². The molecule has 17 heavy (non-hydrogen) atoms. The Balaban J connectivity index is 3.36. The summed E-state index contributed by atoms with van der Waals surface area (Å²) in [7, 11) is -1.14. The topological polar surface area (TPSA) is 69.6 Å². The summed E-state index contributed by atoms with van der Waals surface area (Å²) in [5.74, 6) is -1.01. The minimum Gasteiger partial charge on any atom is -0.392 e. The Morgan fingerprint density at radius 1 is 1.47 bits per heavy atom. The second kappa shape index (κ2) is 5.28. The molecule has 0 fully saturated rings. The maximum atomic E-state index is 13.7. The lowest BCUT2D eigenvalue weighted by atomic mass is 10.2. The van der Waals surface area contributed by atoms with Crippen LogP contribution in [-0.2, 0) is 16.6 Å². The molecule has 0 heterocycles. The summed E-state index contributed by atoms with van der Waals surface area (Å²) in [5, 5.41) is 10.1. The van der Waals surface area contributed by atoms with Crippen LogP contribution < -0.4 is 4.83 Å². The van der Waals surface area contributed by atoms with Crippen molar-refractivity contribution in [3.63, 3.8) is 0 Å². The van der Waals surface area contributed by atoms with Crippen LogP contribution in [0.2, 0.25) is 5.02 Å². The van der Waals surface area contributed by atoms with E-state index in [2.05, 4.69) is 4.83 Å². The number of benzene rings is 1. The van der Waals surface area contributed by atoms with Gasteiger partial charge < -0.3 is 5.11 Å². The standard InChI is InChI=1S/C9H12ClFN2O3S/c1-13(2)12-17(15,16)8-4-7(10)3-6(5-14)9(8)11/h3-4,12,14H,5H2,1-2H3. The smallest absolute Gasteiger partial charge is 0.256 e. The SMILES string of the molecule is CN(C)NS(=O)(=O)c1cc(Cl)cc(CO)c1F. The van der Waals surface area contributed by atoms with Gasteiger partial charge in [0.2, 0.25) is 0 Å². The third kappa shape index (κ3) is 3.36. The lowest BCUT2D eigenvalue weighted by Gasteiger charge is -2.14. The van der Waals surface area contributed by atoms with Crippen LogP contribution in [0.25, 0.3) is 0 Å². The van der Waals surface area contributed by atoms with Gasteiger partial charge in [-0.05, 0) is 12.1 Å². The van der Waals surface area contributed by atoms with E-state index in [0.29, 0.717) is 0 Å². The minimum atomic E-state index is -4.04. The normalized spacial score (nSPS) is 12.1. The second-order valence-electron chi connectivity index (χ2n) is 3.52. The Hall–Kier alpha value is -0.730. The number of hydrogen-bond donors (Lipinski definition) is 2. The van der Waals surface area contributed by atoms with Crippen molar-refractivity contribution >= 4 is 21.6 Å². The maximum absolute atomic E-state index is 13.7. The number of aliphatic hydroxyl groups excluding tert-OH is 1. The van der Waals surface area contributed by atoms with E-state index in [1.165, 1.54) is 20.2 Å². The molecule has 0 bridgehead atoms. The zero-order chi connectivity index (χ0) is 13.2. The Morgan fingerprint density at radius 2 is 2.06 bits per heavy atom. The second-order valence-corrected chi connectivity index (χ2v) is 5.59. The molecule has 2 N–H and O–H groups in total. The van der Waals surface area contributed by atoms with Crippen LogP contribution in [0.1, 0.15) is 5.56 Å². The average molecular weight is 283 g/mol. The van der Waals surface area contributed by atoms with E-state index in [1.54, 1.807) is 0 Å². The molecule has 1 aromatic rings. The highest BCUT2D eigenvalue weighted by atomic mass is 35.5. The molecule has 5 nitrogen and oxygen atoms in total. The Bertz CT molecular complexity index is 519. The van der Waals surface area contributed by atoms with Crippen molar-refractivity contribution in [3.8, 4) is 0 Å². The van der Waals surface area contributed by atoms with E-state index in [9.17, 15) is 12.8 Å². The van der Waals surface area contributed by atoms with Gasteiger partial charge in [0, 0.05) is 24.7 Å². The Morgan fingerprint density at radius 3 is 2.53 bits per heavy atom. The minimum absolute atomic E-state index is 0.0366. The number of nitrogens with one attached hydrogen (secondary N) is 1. The summed E-state index contributed by atoms with van der Waals surface area (Å²) in [5.41, 5.74) is -0.170.